The Labute approximate surface area is 103 Å². The standard InChI is InChI=1S/C11H6F4N2O2/c12-8-9(16-5-17-10(8)18)6-1-3-7(4-2-6)19-11(13,14)15/h1-5H,(H,16,17,18). The molecule has 0 atom stereocenters. The van der Waals surface area contributed by atoms with Crippen molar-refractivity contribution in [2.45, 2.75) is 6.36 Å². The number of nitrogens with zero attached hydrogens (tertiary/aromatic N) is 1. The number of hydrogen-bond acceptors (Lipinski definition) is 3. The zero-order valence-electron chi connectivity index (χ0n) is 9.16. The molecule has 0 aliphatic heterocycles. The third-order valence-electron chi connectivity index (χ3n) is 2.16. The van der Waals surface area contributed by atoms with E-state index in [1.165, 1.54) is 12.1 Å². The van der Waals surface area contributed by atoms with E-state index in [0.717, 1.165) is 18.5 Å². The molecule has 0 fully saturated rings. The van der Waals surface area contributed by atoms with E-state index in [9.17, 15) is 22.4 Å². The molecule has 1 N–H and O–H groups in total. The summed E-state index contributed by atoms with van der Waals surface area (Å²) in [5.74, 6) is -1.55. The largest absolute Gasteiger partial charge is 0.573 e. The van der Waals surface area contributed by atoms with Crippen LogP contribution in [-0.4, -0.2) is 16.3 Å². The van der Waals surface area contributed by atoms with Crippen LogP contribution in [0.25, 0.3) is 11.3 Å². The average molecular weight is 274 g/mol. The van der Waals surface area contributed by atoms with Gasteiger partial charge in [0.05, 0.1) is 6.33 Å². The Balaban J connectivity index is 2.33. The molecule has 0 bridgehead atoms. The number of nitrogens with one attached hydrogen (secondary N) is 1. The minimum atomic E-state index is -4.80. The Kier molecular flexibility index (Phi) is 3.24. The Morgan fingerprint density at radius 2 is 1.79 bits per heavy atom. The second kappa shape index (κ2) is 4.71. The van der Waals surface area contributed by atoms with Gasteiger partial charge in [-0.1, -0.05) is 0 Å². The number of ether oxygens (including phenoxy) is 1. The minimum absolute atomic E-state index is 0.165. The number of hydrogen-bond donors (Lipinski definition) is 1. The number of aromatic nitrogens is 2. The molecule has 2 rings (SSSR count). The van der Waals surface area contributed by atoms with E-state index in [2.05, 4.69) is 9.72 Å². The first-order valence-electron chi connectivity index (χ1n) is 4.96. The van der Waals surface area contributed by atoms with Crippen molar-refractivity contribution in [3.05, 3.63) is 46.8 Å². The monoisotopic (exact) mass is 274 g/mol. The number of halogens is 4. The summed E-state index contributed by atoms with van der Waals surface area (Å²) in [6.45, 7) is 0. The van der Waals surface area contributed by atoms with E-state index in [-0.39, 0.29) is 11.3 Å². The van der Waals surface area contributed by atoms with Gasteiger partial charge in [-0.3, -0.25) is 4.79 Å². The van der Waals surface area contributed by atoms with Crippen molar-refractivity contribution in [3.63, 3.8) is 0 Å². The van der Waals surface area contributed by atoms with Gasteiger partial charge in [-0.05, 0) is 24.3 Å². The van der Waals surface area contributed by atoms with Crippen LogP contribution in [0.15, 0.2) is 35.4 Å². The maximum absolute atomic E-state index is 13.4. The summed E-state index contributed by atoms with van der Waals surface area (Å²) in [5, 5.41) is 0. The lowest BCUT2D eigenvalue weighted by atomic mass is 10.1. The average Bonchev–Trinajstić information content (AvgIpc) is 2.32. The van der Waals surface area contributed by atoms with E-state index in [4.69, 9.17) is 0 Å². The van der Waals surface area contributed by atoms with Crippen molar-refractivity contribution >= 4 is 0 Å². The molecular weight excluding hydrogens is 268 g/mol. The van der Waals surface area contributed by atoms with Crippen LogP contribution in [0.1, 0.15) is 0 Å². The Morgan fingerprint density at radius 3 is 2.37 bits per heavy atom. The predicted octanol–water partition coefficient (Wildman–Crippen LogP) is 2.47. The number of aromatic amines is 1. The molecule has 0 aliphatic rings. The van der Waals surface area contributed by atoms with Crippen LogP contribution in [0.3, 0.4) is 0 Å². The zero-order chi connectivity index (χ0) is 14.0. The van der Waals surface area contributed by atoms with Gasteiger partial charge in [0.25, 0.3) is 5.56 Å². The van der Waals surface area contributed by atoms with Gasteiger partial charge in [0.2, 0.25) is 5.82 Å². The molecule has 0 saturated carbocycles. The smallest absolute Gasteiger partial charge is 0.406 e. The van der Waals surface area contributed by atoms with Gasteiger partial charge in [0, 0.05) is 5.56 Å². The summed E-state index contributed by atoms with van der Waals surface area (Å²) < 4.78 is 52.9. The van der Waals surface area contributed by atoms with Gasteiger partial charge in [-0.2, -0.15) is 4.39 Å². The van der Waals surface area contributed by atoms with Gasteiger partial charge in [-0.25, -0.2) is 4.98 Å². The molecule has 100 valence electrons. The van der Waals surface area contributed by atoms with Crippen LogP contribution in [0.2, 0.25) is 0 Å². The predicted molar refractivity (Wildman–Crippen MR) is 56.9 cm³/mol. The van der Waals surface area contributed by atoms with Crippen LogP contribution < -0.4 is 10.3 Å². The van der Waals surface area contributed by atoms with Crippen molar-refractivity contribution in [1.82, 2.24) is 9.97 Å². The lowest BCUT2D eigenvalue weighted by Crippen LogP contribution is -2.17. The quantitative estimate of drug-likeness (QED) is 0.856. The topological polar surface area (TPSA) is 55.0 Å². The molecule has 0 radical (unpaired) electrons. The van der Waals surface area contributed by atoms with E-state index in [0.29, 0.717) is 0 Å². The molecule has 19 heavy (non-hydrogen) atoms. The first-order chi connectivity index (χ1) is 8.87. The van der Waals surface area contributed by atoms with E-state index >= 15 is 0 Å². The number of benzene rings is 1. The molecule has 1 aromatic carbocycles. The van der Waals surface area contributed by atoms with Crippen LogP contribution in [0.5, 0.6) is 5.75 Å². The molecule has 2 aromatic rings. The first-order valence-corrected chi connectivity index (χ1v) is 4.96. The third kappa shape index (κ3) is 3.09. The lowest BCUT2D eigenvalue weighted by Gasteiger charge is -2.09. The van der Waals surface area contributed by atoms with Gasteiger partial charge in [-0.15, -0.1) is 13.2 Å². The molecule has 4 nitrogen and oxygen atoms in total. The van der Waals surface area contributed by atoms with Crippen molar-refractivity contribution in [2.24, 2.45) is 0 Å². The molecule has 0 amide bonds. The molecule has 0 unspecified atom stereocenters. The lowest BCUT2D eigenvalue weighted by molar-refractivity contribution is -0.274. The highest BCUT2D eigenvalue weighted by molar-refractivity contribution is 5.60. The molecule has 1 heterocycles. The van der Waals surface area contributed by atoms with Crippen molar-refractivity contribution < 1.29 is 22.3 Å². The highest BCUT2D eigenvalue weighted by atomic mass is 19.4. The fourth-order valence-electron chi connectivity index (χ4n) is 1.40. The van der Waals surface area contributed by atoms with E-state index < -0.39 is 23.5 Å². The summed E-state index contributed by atoms with van der Waals surface area (Å²) in [6.07, 6.45) is -3.80. The number of H-pyrrole nitrogens is 1. The fourth-order valence-corrected chi connectivity index (χ4v) is 1.40. The van der Waals surface area contributed by atoms with Crippen LogP contribution in [0.4, 0.5) is 17.6 Å². The highest BCUT2D eigenvalue weighted by Gasteiger charge is 2.31. The highest BCUT2D eigenvalue weighted by Crippen LogP contribution is 2.25. The molecule has 0 saturated heterocycles. The van der Waals surface area contributed by atoms with Gasteiger partial charge >= 0.3 is 6.36 Å². The van der Waals surface area contributed by atoms with Gasteiger partial charge < -0.3 is 9.72 Å². The molecule has 0 aliphatic carbocycles. The molecule has 1 aromatic heterocycles. The van der Waals surface area contributed by atoms with E-state index in [1.54, 1.807) is 0 Å². The van der Waals surface area contributed by atoms with Crippen molar-refractivity contribution in [2.75, 3.05) is 0 Å². The summed E-state index contributed by atoms with van der Waals surface area (Å²) in [6, 6.07) is 4.36. The maximum Gasteiger partial charge on any atom is 0.573 e. The van der Waals surface area contributed by atoms with Crippen molar-refractivity contribution in [1.29, 1.82) is 0 Å². The Bertz CT molecular complexity index is 634. The molecule has 8 heteroatoms. The normalized spacial score (nSPS) is 11.4. The fraction of sp³-hybridized carbons (Fsp3) is 0.0909. The minimum Gasteiger partial charge on any atom is -0.406 e. The van der Waals surface area contributed by atoms with Gasteiger partial charge in [0.15, 0.2) is 0 Å². The van der Waals surface area contributed by atoms with E-state index in [1.807, 2.05) is 4.98 Å². The number of alkyl halides is 3. The summed E-state index contributed by atoms with van der Waals surface area (Å²) in [5.41, 5.74) is -1.04. The number of rotatable bonds is 2. The summed E-state index contributed by atoms with van der Waals surface area (Å²) in [7, 11) is 0. The summed E-state index contributed by atoms with van der Waals surface area (Å²) >= 11 is 0. The second-order valence-electron chi connectivity index (χ2n) is 3.47. The second-order valence-corrected chi connectivity index (χ2v) is 3.47. The Hall–Kier alpha value is -2.38. The van der Waals surface area contributed by atoms with Crippen molar-refractivity contribution in [3.8, 4) is 17.0 Å². The SMILES string of the molecule is O=c1[nH]cnc(-c2ccc(OC(F)(F)F)cc2)c1F. The Morgan fingerprint density at radius 1 is 1.16 bits per heavy atom. The molecular formula is C11H6F4N2O2. The zero-order valence-corrected chi connectivity index (χ0v) is 9.16. The van der Waals surface area contributed by atoms with Crippen LogP contribution >= 0.6 is 0 Å². The maximum atomic E-state index is 13.4. The molecule has 0 spiro atoms. The first kappa shape index (κ1) is 13.1. The van der Waals surface area contributed by atoms with Crippen LogP contribution in [-0.2, 0) is 0 Å². The van der Waals surface area contributed by atoms with Crippen LogP contribution in [0, 0.1) is 5.82 Å². The summed E-state index contributed by atoms with van der Waals surface area (Å²) in [4.78, 5) is 16.7. The van der Waals surface area contributed by atoms with Gasteiger partial charge in [0.1, 0.15) is 11.4 Å². The third-order valence-corrected chi connectivity index (χ3v) is 2.16.